The smallest absolute Gasteiger partial charge is 0.263 e. The molecule has 0 unspecified atom stereocenters. The molecule has 1 N–H and O–H groups in total. The Bertz CT molecular complexity index is 1230. The second-order valence-electron chi connectivity index (χ2n) is 7.89. The van der Waals surface area contributed by atoms with Gasteiger partial charge in [-0.25, -0.2) is 0 Å². The highest BCUT2D eigenvalue weighted by Crippen LogP contribution is 2.32. The summed E-state index contributed by atoms with van der Waals surface area (Å²) in [5.41, 5.74) is 2.58. The van der Waals surface area contributed by atoms with E-state index in [0.717, 1.165) is 11.1 Å². The summed E-state index contributed by atoms with van der Waals surface area (Å²) in [6.07, 6.45) is -0.658. The number of carbonyl (C=O) groups excluding carboxylic acids is 2. The van der Waals surface area contributed by atoms with Gasteiger partial charge in [0.2, 0.25) is 0 Å². The number of methoxy groups -OCH3 is 2. The number of amides is 2. The predicted molar refractivity (Wildman–Crippen MR) is 130 cm³/mol. The minimum Gasteiger partial charge on any atom is -0.497 e. The molecule has 0 fully saturated rings. The highest BCUT2D eigenvalue weighted by atomic mass is 35.5. The van der Waals surface area contributed by atoms with E-state index in [-0.39, 0.29) is 11.8 Å². The molecule has 1 heterocycles. The molecule has 2 amide bonds. The highest BCUT2D eigenvalue weighted by molar-refractivity contribution is 6.34. The maximum absolute atomic E-state index is 13.1. The van der Waals surface area contributed by atoms with Crippen molar-refractivity contribution in [3.8, 4) is 17.2 Å². The van der Waals surface area contributed by atoms with E-state index >= 15 is 0 Å². The number of nitrogens with one attached hydrogen (secondary N) is 1. The average Bonchev–Trinajstić information content (AvgIpc) is 2.95. The fraction of sp³-hybridized carbons (Fsp3) is 0.231. The molecule has 0 saturated heterocycles. The van der Waals surface area contributed by atoms with Crippen LogP contribution in [0.25, 0.3) is 0 Å². The molecule has 0 radical (unpaired) electrons. The number of benzene rings is 3. The second kappa shape index (κ2) is 10.1. The van der Waals surface area contributed by atoms with E-state index in [9.17, 15) is 9.59 Å². The van der Waals surface area contributed by atoms with Crippen LogP contribution >= 0.6 is 11.6 Å². The van der Waals surface area contributed by atoms with Gasteiger partial charge in [0.15, 0.2) is 6.10 Å². The Labute approximate surface area is 203 Å². The fourth-order valence-corrected chi connectivity index (χ4v) is 4.06. The van der Waals surface area contributed by atoms with Crippen molar-refractivity contribution in [2.45, 2.75) is 26.1 Å². The lowest BCUT2D eigenvalue weighted by atomic mass is 10.1. The van der Waals surface area contributed by atoms with E-state index in [1.807, 2.05) is 18.2 Å². The quantitative estimate of drug-likeness (QED) is 0.542. The summed E-state index contributed by atoms with van der Waals surface area (Å²) in [7, 11) is 3.17. The third kappa shape index (κ3) is 4.94. The average molecular weight is 481 g/mol. The number of carbonyl (C=O) groups is 2. The van der Waals surface area contributed by atoms with Gasteiger partial charge < -0.3 is 24.4 Å². The van der Waals surface area contributed by atoms with Crippen molar-refractivity contribution in [3.63, 3.8) is 0 Å². The number of hydrogen-bond donors (Lipinski definition) is 1. The molecule has 3 aromatic rings. The normalized spacial score (nSPS) is 15.1. The van der Waals surface area contributed by atoms with Crippen LogP contribution in [0.4, 0.5) is 5.69 Å². The van der Waals surface area contributed by atoms with Gasteiger partial charge in [-0.05, 0) is 49.4 Å². The van der Waals surface area contributed by atoms with Crippen LogP contribution in [-0.2, 0) is 17.9 Å². The van der Waals surface area contributed by atoms with Gasteiger partial charge in [-0.1, -0.05) is 23.7 Å². The molecule has 0 aromatic heterocycles. The summed E-state index contributed by atoms with van der Waals surface area (Å²) < 4.78 is 16.7. The van der Waals surface area contributed by atoms with Crippen LogP contribution in [0.2, 0.25) is 5.02 Å². The Morgan fingerprint density at radius 3 is 2.65 bits per heavy atom. The first kappa shape index (κ1) is 23.4. The maximum atomic E-state index is 13.1. The molecule has 0 spiro atoms. The molecule has 0 aliphatic carbocycles. The molecule has 8 heteroatoms. The van der Waals surface area contributed by atoms with E-state index in [0.29, 0.717) is 46.6 Å². The van der Waals surface area contributed by atoms with E-state index in [2.05, 4.69) is 5.32 Å². The standard InChI is InChI=1S/C26H25ClN2O5/c1-16-26(31)29(14-17-8-10-20(32-2)13-24(17)33-3)15-18-12-19(9-11-23(18)34-16)28-25(30)21-6-4-5-7-22(21)27/h4-13,16H,14-15H2,1-3H3,(H,28,30)/t16-/m0/s1. The summed E-state index contributed by atoms with van der Waals surface area (Å²) in [6.45, 7) is 2.36. The Hall–Kier alpha value is -3.71. The summed E-state index contributed by atoms with van der Waals surface area (Å²) >= 11 is 6.15. The molecule has 7 nitrogen and oxygen atoms in total. The highest BCUT2D eigenvalue weighted by Gasteiger charge is 2.29. The summed E-state index contributed by atoms with van der Waals surface area (Å²) in [6, 6.07) is 17.7. The van der Waals surface area contributed by atoms with Crippen LogP contribution in [-0.4, -0.2) is 37.0 Å². The minimum atomic E-state index is -0.658. The van der Waals surface area contributed by atoms with Crippen molar-refractivity contribution in [1.29, 1.82) is 0 Å². The van der Waals surface area contributed by atoms with Crippen LogP contribution < -0.4 is 19.5 Å². The van der Waals surface area contributed by atoms with Gasteiger partial charge in [0.05, 0.1) is 24.8 Å². The molecule has 3 aromatic carbocycles. The van der Waals surface area contributed by atoms with Crippen molar-refractivity contribution >= 4 is 29.1 Å². The predicted octanol–water partition coefficient (Wildman–Crippen LogP) is 4.92. The van der Waals surface area contributed by atoms with Crippen LogP contribution in [0.1, 0.15) is 28.4 Å². The van der Waals surface area contributed by atoms with Crippen molar-refractivity contribution < 1.29 is 23.8 Å². The van der Waals surface area contributed by atoms with Gasteiger partial charge in [-0.3, -0.25) is 9.59 Å². The van der Waals surface area contributed by atoms with Gasteiger partial charge in [-0.2, -0.15) is 0 Å². The van der Waals surface area contributed by atoms with Gasteiger partial charge in [0, 0.05) is 36.0 Å². The van der Waals surface area contributed by atoms with E-state index in [4.69, 9.17) is 25.8 Å². The Balaban J connectivity index is 1.59. The number of rotatable bonds is 6. The lowest BCUT2D eigenvalue weighted by molar-refractivity contribution is -0.138. The molecule has 0 bridgehead atoms. The number of nitrogens with zero attached hydrogens (tertiary/aromatic N) is 1. The lowest BCUT2D eigenvalue weighted by Crippen LogP contribution is -2.37. The number of ether oxygens (including phenoxy) is 3. The number of anilines is 1. The summed E-state index contributed by atoms with van der Waals surface area (Å²) in [5, 5.41) is 3.24. The molecular formula is C26H25ClN2O5. The zero-order valence-corrected chi connectivity index (χ0v) is 19.9. The molecule has 34 heavy (non-hydrogen) atoms. The van der Waals surface area contributed by atoms with Crippen molar-refractivity contribution in [3.05, 3.63) is 82.4 Å². The molecular weight excluding hydrogens is 456 g/mol. The van der Waals surface area contributed by atoms with Crippen LogP contribution in [0.15, 0.2) is 60.7 Å². The second-order valence-corrected chi connectivity index (χ2v) is 8.30. The zero-order chi connectivity index (χ0) is 24.2. The SMILES string of the molecule is COc1ccc(CN2Cc3cc(NC(=O)c4ccccc4Cl)ccc3O[C@@H](C)C2=O)c(OC)c1. The van der Waals surface area contributed by atoms with Gasteiger partial charge in [-0.15, -0.1) is 0 Å². The van der Waals surface area contributed by atoms with Gasteiger partial charge >= 0.3 is 0 Å². The first-order chi connectivity index (χ1) is 16.4. The van der Waals surface area contributed by atoms with Crippen molar-refractivity contribution in [2.24, 2.45) is 0 Å². The number of fused-ring (bicyclic) bond motifs is 1. The molecule has 0 saturated carbocycles. The third-order valence-electron chi connectivity index (χ3n) is 5.62. The monoisotopic (exact) mass is 480 g/mol. The van der Waals surface area contributed by atoms with Crippen molar-refractivity contribution in [2.75, 3.05) is 19.5 Å². The molecule has 1 aliphatic heterocycles. The minimum absolute atomic E-state index is 0.143. The molecule has 176 valence electrons. The molecule has 1 aliphatic rings. The number of halogens is 1. The Morgan fingerprint density at radius 2 is 1.91 bits per heavy atom. The summed E-state index contributed by atoms with van der Waals surface area (Å²) in [4.78, 5) is 27.5. The first-order valence-electron chi connectivity index (χ1n) is 10.7. The lowest BCUT2D eigenvalue weighted by Gasteiger charge is -2.23. The molecule has 1 atom stereocenters. The van der Waals surface area contributed by atoms with Gasteiger partial charge in [0.25, 0.3) is 11.8 Å². The van der Waals surface area contributed by atoms with Crippen LogP contribution in [0.5, 0.6) is 17.2 Å². The topological polar surface area (TPSA) is 77.1 Å². The largest absolute Gasteiger partial charge is 0.497 e. The van der Waals surface area contributed by atoms with Crippen LogP contribution in [0.3, 0.4) is 0 Å². The third-order valence-corrected chi connectivity index (χ3v) is 5.95. The van der Waals surface area contributed by atoms with E-state index < -0.39 is 6.10 Å². The van der Waals surface area contributed by atoms with Crippen molar-refractivity contribution in [1.82, 2.24) is 4.90 Å². The van der Waals surface area contributed by atoms with Crippen LogP contribution in [0, 0.1) is 0 Å². The Morgan fingerprint density at radius 1 is 1.12 bits per heavy atom. The first-order valence-corrected chi connectivity index (χ1v) is 11.1. The van der Waals surface area contributed by atoms with E-state index in [1.165, 1.54) is 0 Å². The van der Waals surface area contributed by atoms with Gasteiger partial charge in [0.1, 0.15) is 17.2 Å². The number of hydrogen-bond acceptors (Lipinski definition) is 5. The molecule has 4 rings (SSSR count). The van der Waals surface area contributed by atoms with E-state index in [1.54, 1.807) is 68.5 Å². The summed E-state index contributed by atoms with van der Waals surface area (Å²) in [5.74, 6) is 1.44. The maximum Gasteiger partial charge on any atom is 0.263 e. The fourth-order valence-electron chi connectivity index (χ4n) is 3.84. The Kier molecular flexibility index (Phi) is 6.93. The zero-order valence-electron chi connectivity index (χ0n) is 19.1.